The predicted octanol–water partition coefficient (Wildman–Crippen LogP) is 0.937. The molecule has 0 amide bonds. The van der Waals surface area contributed by atoms with Gasteiger partial charge >= 0.3 is 0 Å². The molecular formula is C12H18N2O. The fourth-order valence-corrected chi connectivity index (χ4v) is 1.77. The van der Waals surface area contributed by atoms with Crippen LogP contribution in [0.2, 0.25) is 0 Å². The minimum absolute atomic E-state index is 0.158. The number of benzene rings is 1. The van der Waals surface area contributed by atoms with Crippen molar-refractivity contribution in [3.8, 4) is 0 Å². The lowest BCUT2D eigenvalue weighted by Gasteiger charge is -2.35. The molecule has 0 unspecified atom stereocenters. The average Bonchev–Trinajstić information content (AvgIpc) is 2.20. The molecule has 0 aromatic heterocycles. The van der Waals surface area contributed by atoms with Gasteiger partial charge in [-0.15, -0.1) is 0 Å². The summed E-state index contributed by atoms with van der Waals surface area (Å²) in [5, 5.41) is 16.3. The van der Waals surface area contributed by atoms with E-state index in [1.165, 1.54) is 11.1 Å². The predicted molar refractivity (Wildman–Crippen MR) is 60.5 cm³/mol. The molecule has 0 saturated carbocycles. The molecule has 3 heteroatoms. The molecule has 0 spiro atoms. The Balaban J connectivity index is 2.04. The molecule has 0 aliphatic carbocycles. The van der Waals surface area contributed by atoms with Gasteiger partial charge in [0, 0.05) is 13.1 Å². The zero-order valence-electron chi connectivity index (χ0n) is 9.25. The van der Waals surface area contributed by atoms with E-state index in [4.69, 9.17) is 0 Å². The van der Waals surface area contributed by atoms with Crippen molar-refractivity contribution < 1.29 is 5.11 Å². The Labute approximate surface area is 90.5 Å². The van der Waals surface area contributed by atoms with Crippen LogP contribution < -0.4 is 10.6 Å². The summed E-state index contributed by atoms with van der Waals surface area (Å²) in [7, 11) is 0. The van der Waals surface area contributed by atoms with Crippen LogP contribution in [0.4, 0.5) is 0 Å². The molecule has 1 aromatic carbocycles. The fraction of sp³-hybridized carbons (Fsp3) is 0.500. The van der Waals surface area contributed by atoms with E-state index in [0.29, 0.717) is 13.1 Å². The highest BCUT2D eigenvalue weighted by Crippen LogP contribution is 2.16. The van der Waals surface area contributed by atoms with E-state index in [0.717, 1.165) is 0 Å². The SMILES string of the molecule is Cc1ccc(C2NCC(C)(O)CN2)cc1. The molecule has 15 heavy (non-hydrogen) atoms. The number of β-amino-alcohol motifs (C(OH)–C–C–N with tert-alkyl or cyclic N) is 1. The minimum Gasteiger partial charge on any atom is -0.388 e. The number of nitrogens with one attached hydrogen (secondary N) is 2. The quantitative estimate of drug-likeness (QED) is 0.640. The average molecular weight is 206 g/mol. The second kappa shape index (κ2) is 3.93. The van der Waals surface area contributed by atoms with Gasteiger partial charge in [-0.25, -0.2) is 0 Å². The van der Waals surface area contributed by atoms with Gasteiger partial charge in [0.15, 0.2) is 0 Å². The van der Waals surface area contributed by atoms with Gasteiger partial charge in [0.05, 0.1) is 11.8 Å². The first-order chi connectivity index (χ1) is 7.07. The van der Waals surface area contributed by atoms with Gasteiger partial charge in [0.2, 0.25) is 0 Å². The van der Waals surface area contributed by atoms with Crippen molar-refractivity contribution in [2.24, 2.45) is 0 Å². The lowest BCUT2D eigenvalue weighted by Crippen LogP contribution is -2.56. The third-order valence-electron chi connectivity index (χ3n) is 2.78. The lowest BCUT2D eigenvalue weighted by molar-refractivity contribution is 0.0298. The second-order valence-electron chi connectivity index (χ2n) is 4.60. The van der Waals surface area contributed by atoms with Crippen LogP contribution >= 0.6 is 0 Å². The highest BCUT2D eigenvalue weighted by atomic mass is 16.3. The Bertz CT molecular complexity index is 322. The standard InChI is InChI=1S/C12H18N2O/c1-9-3-5-10(6-4-9)11-13-7-12(2,15)8-14-11/h3-6,11,13-15H,7-8H2,1-2H3. The molecule has 3 N–H and O–H groups in total. The molecule has 0 radical (unpaired) electrons. The van der Waals surface area contributed by atoms with Gasteiger partial charge in [-0.2, -0.15) is 0 Å². The van der Waals surface area contributed by atoms with Crippen LogP contribution in [0.1, 0.15) is 24.2 Å². The Hall–Kier alpha value is -0.900. The number of rotatable bonds is 1. The van der Waals surface area contributed by atoms with E-state index in [1.54, 1.807) is 0 Å². The van der Waals surface area contributed by atoms with E-state index in [9.17, 15) is 5.11 Å². The molecule has 1 aliphatic rings. The Morgan fingerprint density at radius 3 is 2.27 bits per heavy atom. The van der Waals surface area contributed by atoms with E-state index < -0.39 is 5.60 Å². The smallest absolute Gasteiger partial charge is 0.0868 e. The Kier molecular flexibility index (Phi) is 2.78. The van der Waals surface area contributed by atoms with Crippen molar-refractivity contribution >= 4 is 0 Å². The molecule has 1 saturated heterocycles. The van der Waals surface area contributed by atoms with Gasteiger partial charge < -0.3 is 5.11 Å². The van der Waals surface area contributed by atoms with Crippen molar-refractivity contribution in [3.63, 3.8) is 0 Å². The molecule has 3 nitrogen and oxygen atoms in total. The van der Waals surface area contributed by atoms with E-state index in [2.05, 4.69) is 41.8 Å². The summed E-state index contributed by atoms with van der Waals surface area (Å²) < 4.78 is 0. The molecular weight excluding hydrogens is 188 g/mol. The number of aryl methyl sites for hydroxylation is 1. The number of hydrogen-bond donors (Lipinski definition) is 3. The Morgan fingerprint density at radius 2 is 1.73 bits per heavy atom. The number of hydrogen-bond acceptors (Lipinski definition) is 3. The van der Waals surface area contributed by atoms with Crippen LogP contribution in [0.3, 0.4) is 0 Å². The molecule has 1 fully saturated rings. The maximum atomic E-state index is 9.76. The van der Waals surface area contributed by atoms with Gasteiger partial charge in [-0.05, 0) is 19.4 Å². The monoisotopic (exact) mass is 206 g/mol. The molecule has 82 valence electrons. The van der Waals surface area contributed by atoms with E-state index >= 15 is 0 Å². The van der Waals surface area contributed by atoms with Crippen LogP contribution in [-0.4, -0.2) is 23.8 Å². The van der Waals surface area contributed by atoms with Gasteiger partial charge in [0.1, 0.15) is 0 Å². The zero-order valence-corrected chi connectivity index (χ0v) is 9.25. The third-order valence-corrected chi connectivity index (χ3v) is 2.78. The summed E-state index contributed by atoms with van der Waals surface area (Å²) in [6, 6.07) is 8.43. The maximum absolute atomic E-state index is 9.76. The summed E-state index contributed by atoms with van der Waals surface area (Å²) in [6.45, 7) is 5.16. The molecule has 2 rings (SSSR count). The van der Waals surface area contributed by atoms with Crippen molar-refractivity contribution in [3.05, 3.63) is 35.4 Å². The molecule has 0 atom stereocenters. The van der Waals surface area contributed by atoms with Gasteiger partial charge in [-0.1, -0.05) is 29.8 Å². The van der Waals surface area contributed by atoms with Crippen LogP contribution in [0.15, 0.2) is 24.3 Å². The second-order valence-corrected chi connectivity index (χ2v) is 4.60. The van der Waals surface area contributed by atoms with Crippen LogP contribution in [0.25, 0.3) is 0 Å². The highest BCUT2D eigenvalue weighted by molar-refractivity contribution is 5.24. The van der Waals surface area contributed by atoms with E-state index in [-0.39, 0.29) is 6.17 Å². The first-order valence-electron chi connectivity index (χ1n) is 5.33. The summed E-state index contributed by atoms with van der Waals surface area (Å²) in [5.74, 6) is 0. The van der Waals surface area contributed by atoms with Gasteiger partial charge in [-0.3, -0.25) is 10.6 Å². The topological polar surface area (TPSA) is 44.3 Å². The normalized spacial score (nSPS) is 31.5. The van der Waals surface area contributed by atoms with E-state index in [1.807, 2.05) is 6.92 Å². The third kappa shape index (κ3) is 2.56. The molecule has 1 heterocycles. The Morgan fingerprint density at radius 1 is 1.20 bits per heavy atom. The molecule has 1 aliphatic heterocycles. The van der Waals surface area contributed by atoms with Crippen LogP contribution in [0.5, 0.6) is 0 Å². The van der Waals surface area contributed by atoms with Crippen LogP contribution in [-0.2, 0) is 0 Å². The van der Waals surface area contributed by atoms with Crippen molar-refractivity contribution in [2.75, 3.05) is 13.1 Å². The van der Waals surface area contributed by atoms with Crippen molar-refractivity contribution in [1.82, 2.24) is 10.6 Å². The van der Waals surface area contributed by atoms with Crippen molar-refractivity contribution in [2.45, 2.75) is 25.6 Å². The first-order valence-corrected chi connectivity index (χ1v) is 5.33. The zero-order chi connectivity index (χ0) is 10.9. The number of aliphatic hydroxyl groups is 1. The lowest BCUT2D eigenvalue weighted by atomic mass is 10.0. The summed E-state index contributed by atoms with van der Waals surface area (Å²) in [6.07, 6.45) is 0.158. The first kappa shape index (κ1) is 10.6. The van der Waals surface area contributed by atoms with Gasteiger partial charge in [0.25, 0.3) is 0 Å². The maximum Gasteiger partial charge on any atom is 0.0868 e. The summed E-state index contributed by atoms with van der Waals surface area (Å²) in [4.78, 5) is 0. The van der Waals surface area contributed by atoms with Crippen LogP contribution in [0, 0.1) is 6.92 Å². The highest BCUT2D eigenvalue weighted by Gasteiger charge is 2.28. The summed E-state index contributed by atoms with van der Waals surface area (Å²) >= 11 is 0. The summed E-state index contributed by atoms with van der Waals surface area (Å²) in [5.41, 5.74) is 1.85. The minimum atomic E-state index is -0.638. The molecule has 1 aromatic rings. The molecule has 0 bridgehead atoms. The van der Waals surface area contributed by atoms with Crippen molar-refractivity contribution in [1.29, 1.82) is 0 Å². The largest absolute Gasteiger partial charge is 0.388 e. The fourth-order valence-electron chi connectivity index (χ4n) is 1.77.